The van der Waals surface area contributed by atoms with Crippen molar-refractivity contribution >= 4 is 59.4 Å². The Morgan fingerprint density at radius 2 is 1.92 bits per heavy atom. The van der Waals surface area contributed by atoms with Crippen molar-refractivity contribution in [3.63, 3.8) is 0 Å². The summed E-state index contributed by atoms with van der Waals surface area (Å²) >= 11 is 13.1. The van der Waals surface area contributed by atoms with E-state index in [4.69, 9.17) is 23.2 Å². The zero-order chi connectivity index (χ0) is 26.4. The number of rotatable bonds is 6. The van der Waals surface area contributed by atoms with Gasteiger partial charge in [0.25, 0.3) is 11.5 Å². The second kappa shape index (κ2) is 9.90. The highest BCUT2D eigenvalue weighted by Gasteiger charge is 2.19. The first-order chi connectivity index (χ1) is 16.9. The van der Waals surface area contributed by atoms with E-state index in [0.29, 0.717) is 16.3 Å². The molecule has 0 saturated heterocycles. The van der Waals surface area contributed by atoms with Gasteiger partial charge < -0.3 is 14.4 Å². The van der Waals surface area contributed by atoms with Gasteiger partial charge in [-0.25, -0.2) is 14.3 Å². The Kier molecular flexibility index (Phi) is 7.21. The molecular formula is C19H17Cl2N6O7PS. The molecule has 0 bridgehead atoms. The number of thiazole rings is 1. The summed E-state index contributed by atoms with van der Waals surface area (Å²) in [5.74, 6) is -0.697. The quantitative estimate of drug-likeness (QED) is 0.327. The lowest BCUT2D eigenvalue weighted by Crippen LogP contribution is -2.37. The number of hydrogen-bond acceptors (Lipinski definition) is 7. The van der Waals surface area contributed by atoms with Gasteiger partial charge in [0.15, 0.2) is 16.0 Å². The number of hydrogen-bond donors (Lipinski definition) is 2. The largest absolute Gasteiger partial charge is 0.471 e. The minimum absolute atomic E-state index is 0.0449. The van der Waals surface area contributed by atoms with Crippen molar-refractivity contribution in [1.82, 2.24) is 23.3 Å². The highest BCUT2D eigenvalue weighted by atomic mass is 35.5. The molecule has 190 valence electrons. The molecule has 0 radical (unpaired) electrons. The molecule has 1 amide bonds. The highest BCUT2D eigenvalue weighted by molar-refractivity contribution is 7.46. The Balaban J connectivity index is 1.76. The summed E-state index contributed by atoms with van der Waals surface area (Å²) < 4.78 is 20.6. The van der Waals surface area contributed by atoms with Crippen LogP contribution in [-0.4, -0.2) is 38.9 Å². The van der Waals surface area contributed by atoms with Gasteiger partial charge in [-0.2, -0.15) is 4.99 Å². The van der Waals surface area contributed by atoms with E-state index < -0.39 is 31.7 Å². The third-order valence-corrected chi connectivity index (χ3v) is 7.17. The second-order valence-electron chi connectivity index (χ2n) is 7.47. The molecule has 0 aliphatic heterocycles. The lowest BCUT2D eigenvalue weighted by Gasteiger charge is -2.11. The summed E-state index contributed by atoms with van der Waals surface area (Å²) in [6, 6.07) is 4.72. The molecular weight excluding hydrogens is 558 g/mol. The molecule has 36 heavy (non-hydrogen) atoms. The number of phosphoric acid groups is 1. The monoisotopic (exact) mass is 574 g/mol. The molecule has 2 N–H and O–H groups in total. The molecule has 1 aromatic carbocycles. The van der Waals surface area contributed by atoms with Crippen molar-refractivity contribution in [2.75, 3.05) is 0 Å². The number of aryl methyl sites for hydroxylation is 1. The van der Waals surface area contributed by atoms with Gasteiger partial charge in [-0.1, -0.05) is 29.3 Å². The summed E-state index contributed by atoms with van der Waals surface area (Å²) in [5, 5.41) is 2.16. The van der Waals surface area contributed by atoms with Crippen LogP contribution >= 0.6 is 42.4 Å². The van der Waals surface area contributed by atoms with Crippen LogP contribution in [0.3, 0.4) is 0 Å². The van der Waals surface area contributed by atoms with Crippen molar-refractivity contribution in [3.05, 3.63) is 65.6 Å². The Morgan fingerprint density at radius 3 is 2.58 bits per heavy atom. The first-order valence-electron chi connectivity index (χ1n) is 9.89. The smallest absolute Gasteiger partial charge is 0.315 e. The maximum Gasteiger partial charge on any atom is 0.471 e. The third-order valence-electron chi connectivity index (χ3n) is 5.11. The van der Waals surface area contributed by atoms with Crippen LogP contribution < -0.4 is 16.1 Å². The van der Waals surface area contributed by atoms with Crippen LogP contribution in [0.1, 0.15) is 0 Å². The maximum atomic E-state index is 12.8. The molecule has 0 atom stereocenters. The number of halogens is 2. The lowest BCUT2D eigenvalue weighted by atomic mass is 10.2. The summed E-state index contributed by atoms with van der Waals surface area (Å²) in [5.41, 5.74) is -0.0817. The Bertz CT molecular complexity index is 1750. The molecule has 0 unspecified atom stereocenters. The fourth-order valence-electron chi connectivity index (χ4n) is 3.37. The molecule has 4 rings (SSSR count). The van der Waals surface area contributed by atoms with Crippen molar-refractivity contribution in [1.29, 1.82) is 0 Å². The van der Waals surface area contributed by atoms with Crippen LogP contribution in [0.25, 0.3) is 22.4 Å². The first kappa shape index (κ1) is 26.2. The Labute approximate surface area is 215 Å². The van der Waals surface area contributed by atoms with Crippen LogP contribution in [0.5, 0.6) is 0 Å². The van der Waals surface area contributed by atoms with Gasteiger partial charge in [-0.05, 0) is 12.1 Å². The van der Waals surface area contributed by atoms with Crippen LogP contribution in [0, 0.1) is 0 Å². The number of amides is 1. The average molecular weight is 575 g/mol. The fourth-order valence-corrected chi connectivity index (χ4v) is 4.84. The number of fused-ring (bicyclic) bond motifs is 1. The molecule has 3 heterocycles. The van der Waals surface area contributed by atoms with Gasteiger partial charge in [0.05, 0.1) is 22.1 Å². The number of benzene rings is 1. The summed E-state index contributed by atoms with van der Waals surface area (Å²) in [6.07, 6.45) is 1.25. The van der Waals surface area contributed by atoms with Crippen molar-refractivity contribution in [2.24, 2.45) is 19.1 Å². The van der Waals surface area contributed by atoms with E-state index in [1.54, 1.807) is 23.6 Å². The number of nitrogens with zero attached hydrogens (tertiary/aromatic N) is 6. The average Bonchev–Trinajstić information content (AvgIpc) is 3.40. The zero-order valence-corrected chi connectivity index (χ0v) is 21.8. The number of carbonyl (C=O) groups excluding carboxylic acids is 1. The number of imidazole rings is 1. The van der Waals surface area contributed by atoms with E-state index in [2.05, 4.69) is 14.5 Å². The van der Waals surface area contributed by atoms with Crippen LogP contribution in [0.2, 0.25) is 10.0 Å². The molecule has 0 aliphatic carbocycles. The minimum Gasteiger partial charge on any atom is -0.315 e. The van der Waals surface area contributed by atoms with Crippen molar-refractivity contribution in [2.45, 2.75) is 13.3 Å². The lowest BCUT2D eigenvalue weighted by molar-refractivity contribution is -0.118. The number of phosphoric ester groups is 1. The second-order valence-corrected chi connectivity index (χ2v) is 10.4. The third kappa shape index (κ3) is 5.15. The molecule has 0 fully saturated rings. The Hall–Kier alpha value is -2.84. The van der Waals surface area contributed by atoms with Crippen LogP contribution in [-0.2, 0) is 41.3 Å². The van der Waals surface area contributed by atoms with Gasteiger partial charge in [-0.15, -0.1) is 11.3 Å². The molecule has 0 aliphatic rings. The van der Waals surface area contributed by atoms with Gasteiger partial charge in [0.2, 0.25) is 0 Å². The summed E-state index contributed by atoms with van der Waals surface area (Å²) in [7, 11) is -2.08. The van der Waals surface area contributed by atoms with E-state index in [1.807, 2.05) is 0 Å². The first-order valence-corrected chi connectivity index (χ1v) is 13.1. The molecule has 4 aromatic rings. The molecule has 17 heteroatoms. The normalized spacial score (nSPS) is 12.6. The summed E-state index contributed by atoms with van der Waals surface area (Å²) in [4.78, 5) is 64.1. The summed E-state index contributed by atoms with van der Waals surface area (Å²) in [6.45, 7) is -1.00. The van der Waals surface area contributed by atoms with Crippen molar-refractivity contribution in [3.8, 4) is 11.3 Å². The van der Waals surface area contributed by atoms with E-state index in [9.17, 15) is 28.7 Å². The van der Waals surface area contributed by atoms with Crippen molar-refractivity contribution < 1.29 is 23.7 Å². The van der Waals surface area contributed by atoms with Crippen LogP contribution in [0.4, 0.5) is 0 Å². The van der Waals surface area contributed by atoms with E-state index >= 15 is 0 Å². The van der Waals surface area contributed by atoms with Gasteiger partial charge >= 0.3 is 13.5 Å². The molecule has 0 spiro atoms. The standard InChI is InChI=1S/C19H17Cl2N6O7PS/c1-24-16-15(17(29)25(2)19(24)30)26(8-22-16)6-14(28)23-18-27(9-34-35(31,32)33)13(7-36-18)10-3-4-11(20)12(21)5-10/h3-5,7-8H,6,9H2,1-2H3,(H2,31,32,33)/b23-18-. The van der Waals surface area contributed by atoms with Gasteiger partial charge in [0.1, 0.15) is 13.3 Å². The maximum absolute atomic E-state index is 12.8. The van der Waals surface area contributed by atoms with Gasteiger partial charge in [-0.3, -0.25) is 27.8 Å². The Morgan fingerprint density at radius 1 is 1.19 bits per heavy atom. The number of aromatic nitrogens is 5. The van der Waals surface area contributed by atoms with Gasteiger partial charge in [0, 0.05) is 25.0 Å². The van der Waals surface area contributed by atoms with E-state index in [0.717, 1.165) is 15.9 Å². The zero-order valence-electron chi connectivity index (χ0n) is 18.5. The highest BCUT2D eigenvalue weighted by Crippen LogP contribution is 2.37. The molecule has 0 saturated carbocycles. The predicted molar refractivity (Wildman–Crippen MR) is 132 cm³/mol. The molecule has 13 nitrogen and oxygen atoms in total. The fraction of sp³-hybridized carbons (Fsp3) is 0.211. The predicted octanol–water partition coefficient (Wildman–Crippen LogP) is 1.46. The topological polar surface area (TPSA) is 163 Å². The molecule has 3 aromatic heterocycles. The number of carbonyl (C=O) groups is 1. The van der Waals surface area contributed by atoms with E-state index in [-0.39, 0.29) is 27.5 Å². The minimum atomic E-state index is -4.85. The van der Waals surface area contributed by atoms with Crippen LogP contribution in [0.15, 0.2) is 44.5 Å². The SMILES string of the molecule is Cn1c(=O)c2c(ncn2CC(=O)/N=c2\scc(-c3ccc(Cl)c(Cl)c3)n2COP(=O)(O)O)n(C)c1=O. The van der Waals surface area contributed by atoms with E-state index in [1.165, 1.54) is 34.1 Å².